The Balaban J connectivity index is 1.52. The molecule has 2 aliphatic rings. The minimum Gasteiger partial charge on any atom is -0.497 e. The highest BCUT2D eigenvalue weighted by Crippen LogP contribution is 2.54. The van der Waals surface area contributed by atoms with Gasteiger partial charge in [0, 0.05) is 17.5 Å². The Morgan fingerprint density at radius 1 is 1.00 bits per heavy atom. The number of rotatable bonds is 7. The normalized spacial score (nSPS) is 24.5. The van der Waals surface area contributed by atoms with Crippen molar-refractivity contribution in [2.24, 2.45) is 11.8 Å². The summed E-state index contributed by atoms with van der Waals surface area (Å²) in [4.78, 5) is 21.6. The number of carbonyl (C=O) groups is 1. The molecule has 166 valence electrons. The van der Waals surface area contributed by atoms with Gasteiger partial charge < -0.3 is 19.5 Å². The lowest BCUT2D eigenvalue weighted by molar-refractivity contribution is -0.124. The van der Waals surface area contributed by atoms with E-state index in [4.69, 9.17) is 14.2 Å². The van der Waals surface area contributed by atoms with Gasteiger partial charge in [-0.15, -0.1) is 0 Å². The second kappa shape index (κ2) is 9.12. The van der Waals surface area contributed by atoms with Crippen LogP contribution in [0.4, 0.5) is 0 Å². The molecule has 2 saturated carbocycles. The third-order valence-corrected chi connectivity index (χ3v) is 6.88. The van der Waals surface area contributed by atoms with Crippen LogP contribution in [0.5, 0.6) is 17.6 Å². The molecule has 1 aromatic carbocycles. The number of benzene rings is 1. The van der Waals surface area contributed by atoms with Gasteiger partial charge in [0.15, 0.2) is 0 Å². The van der Waals surface area contributed by atoms with Gasteiger partial charge in [-0.25, -0.2) is 4.98 Å². The van der Waals surface area contributed by atoms with Crippen LogP contribution in [0.2, 0.25) is 0 Å². The molecule has 0 saturated heterocycles. The highest BCUT2D eigenvalue weighted by molar-refractivity contribution is 5.80. The first-order valence-electron chi connectivity index (χ1n) is 10.9. The Labute approximate surface area is 183 Å². The minimum atomic E-state index is -0.0253. The van der Waals surface area contributed by atoms with E-state index in [1.165, 1.54) is 38.4 Å². The summed E-state index contributed by atoms with van der Waals surface area (Å²) in [5, 5.41) is 3.34. The molecule has 0 bridgehead atoms. The van der Waals surface area contributed by atoms with Crippen molar-refractivity contribution in [3.63, 3.8) is 0 Å². The summed E-state index contributed by atoms with van der Waals surface area (Å²) in [6, 6.07) is 8.68. The molecule has 1 amide bonds. The fraction of sp³-hybridized carbons (Fsp3) is 0.542. The monoisotopic (exact) mass is 425 g/mol. The maximum Gasteiger partial charge on any atom is 0.319 e. The number of ether oxygens (including phenoxy) is 3. The van der Waals surface area contributed by atoms with Crippen LogP contribution in [0.3, 0.4) is 0 Å². The third-order valence-electron chi connectivity index (χ3n) is 6.88. The Hall–Kier alpha value is -2.83. The zero-order valence-electron chi connectivity index (χ0n) is 18.7. The molecule has 1 aromatic heterocycles. The van der Waals surface area contributed by atoms with Crippen LogP contribution in [0.15, 0.2) is 24.3 Å². The fourth-order valence-corrected chi connectivity index (χ4v) is 5.35. The molecule has 7 heteroatoms. The maximum absolute atomic E-state index is 13.1. The number of hydrogen-bond donors (Lipinski definition) is 1. The lowest BCUT2D eigenvalue weighted by atomic mass is 9.53. The summed E-state index contributed by atoms with van der Waals surface area (Å²) in [5.41, 5.74) is 2.66. The topological polar surface area (TPSA) is 82.6 Å². The lowest BCUT2D eigenvalue weighted by Gasteiger charge is -2.55. The van der Waals surface area contributed by atoms with E-state index in [0.29, 0.717) is 34.9 Å². The standard InChI is InChI=1S/C24H31N3O4/c1-14-19(23(30-3)27-24(25-14)31-4)13-20(28)26-22-18-8-6-5-7-17(18)21(22)15-9-11-16(29-2)12-10-15/h9-12,17-18,21-22H,5-8,13H2,1-4H3,(H,26,28)/t17-,18-,21-,22-/m0/s1. The van der Waals surface area contributed by atoms with Gasteiger partial charge in [0.1, 0.15) is 5.75 Å². The van der Waals surface area contributed by atoms with Crippen molar-refractivity contribution in [2.75, 3.05) is 21.3 Å². The second-order valence-electron chi connectivity index (χ2n) is 8.46. The molecule has 2 fully saturated rings. The SMILES string of the molecule is COc1ccc([C@H]2[C@H]3CCCC[C@@H]3[C@@H]2NC(=O)Cc2c(C)nc(OC)nc2OC)cc1. The van der Waals surface area contributed by atoms with Crippen molar-refractivity contribution in [1.82, 2.24) is 15.3 Å². The van der Waals surface area contributed by atoms with Crippen LogP contribution in [0, 0.1) is 18.8 Å². The summed E-state index contributed by atoms with van der Waals surface area (Å²) in [7, 11) is 4.73. The first kappa shape index (κ1) is 21.4. The number of nitrogens with one attached hydrogen (secondary N) is 1. The highest BCUT2D eigenvalue weighted by Gasteiger charge is 2.51. The van der Waals surface area contributed by atoms with Crippen molar-refractivity contribution in [3.8, 4) is 17.6 Å². The first-order chi connectivity index (χ1) is 15.0. The third kappa shape index (κ3) is 4.18. The number of methoxy groups -OCH3 is 3. The fourth-order valence-electron chi connectivity index (χ4n) is 5.35. The number of carbonyl (C=O) groups excluding carboxylic acids is 1. The molecule has 31 heavy (non-hydrogen) atoms. The number of fused-ring (bicyclic) bond motifs is 1. The second-order valence-corrected chi connectivity index (χ2v) is 8.46. The van der Waals surface area contributed by atoms with Crippen LogP contribution in [0.1, 0.15) is 48.4 Å². The number of aromatic nitrogens is 2. The van der Waals surface area contributed by atoms with Crippen molar-refractivity contribution in [1.29, 1.82) is 0 Å². The molecule has 0 spiro atoms. The summed E-state index contributed by atoms with van der Waals surface area (Å²) < 4.78 is 15.8. The molecule has 4 rings (SSSR count). The molecule has 1 N–H and O–H groups in total. The lowest BCUT2D eigenvalue weighted by Crippen LogP contribution is -2.59. The van der Waals surface area contributed by atoms with Gasteiger partial charge in [0.05, 0.1) is 33.4 Å². The molecule has 2 aliphatic carbocycles. The zero-order valence-corrected chi connectivity index (χ0v) is 18.7. The van der Waals surface area contributed by atoms with Gasteiger partial charge in [0.25, 0.3) is 0 Å². The number of nitrogens with zero attached hydrogens (tertiary/aromatic N) is 2. The van der Waals surface area contributed by atoms with E-state index < -0.39 is 0 Å². The summed E-state index contributed by atoms with van der Waals surface area (Å²) in [6.07, 6.45) is 5.10. The van der Waals surface area contributed by atoms with Gasteiger partial charge in [-0.05, 0) is 49.3 Å². The molecular formula is C24H31N3O4. The van der Waals surface area contributed by atoms with E-state index in [9.17, 15) is 4.79 Å². The maximum atomic E-state index is 13.1. The first-order valence-corrected chi connectivity index (χ1v) is 10.9. The Morgan fingerprint density at radius 3 is 2.35 bits per heavy atom. The van der Waals surface area contributed by atoms with E-state index in [1.807, 2.05) is 19.1 Å². The van der Waals surface area contributed by atoms with E-state index >= 15 is 0 Å². The van der Waals surface area contributed by atoms with Crippen LogP contribution in [0.25, 0.3) is 0 Å². The van der Waals surface area contributed by atoms with Crippen LogP contribution in [-0.4, -0.2) is 43.2 Å². The van der Waals surface area contributed by atoms with Gasteiger partial charge >= 0.3 is 6.01 Å². The smallest absolute Gasteiger partial charge is 0.319 e. The molecule has 7 nitrogen and oxygen atoms in total. The predicted molar refractivity (Wildman–Crippen MR) is 117 cm³/mol. The Bertz CT molecular complexity index is 931. The van der Waals surface area contributed by atoms with Gasteiger partial charge in [0.2, 0.25) is 11.8 Å². The number of hydrogen-bond acceptors (Lipinski definition) is 6. The number of amides is 1. The minimum absolute atomic E-state index is 0.0253. The van der Waals surface area contributed by atoms with E-state index in [2.05, 4.69) is 27.4 Å². The molecule has 0 aliphatic heterocycles. The average molecular weight is 426 g/mol. The molecule has 1 heterocycles. The zero-order chi connectivity index (χ0) is 22.0. The van der Waals surface area contributed by atoms with Gasteiger partial charge in [-0.3, -0.25) is 4.79 Å². The van der Waals surface area contributed by atoms with Crippen LogP contribution < -0.4 is 19.5 Å². The Kier molecular flexibility index (Phi) is 6.30. The van der Waals surface area contributed by atoms with Gasteiger partial charge in [-0.2, -0.15) is 4.98 Å². The highest BCUT2D eigenvalue weighted by atomic mass is 16.5. The van der Waals surface area contributed by atoms with Crippen LogP contribution in [-0.2, 0) is 11.2 Å². The molecule has 0 radical (unpaired) electrons. The largest absolute Gasteiger partial charge is 0.497 e. The van der Waals surface area contributed by atoms with E-state index in [-0.39, 0.29) is 24.4 Å². The number of aryl methyl sites for hydroxylation is 1. The van der Waals surface area contributed by atoms with Crippen LogP contribution >= 0.6 is 0 Å². The van der Waals surface area contributed by atoms with Gasteiger partial charge in [-0.1, -0.05) is 25.0 Å². The Morgan fingerprint density at radius 2 is 1.71 bits per heavy atom. The van der Waals surface area contributed by atoms with Crippen molar-refractivity contribution >= 4 is 5.91 Å². The van der Waals surface area contributed by atoms with Crippen molar-refractivity contribution in [2.45, 2.75) is 51.0 Å². The van der Waals surface area contributed by atoms with E-state index in [1.54, 1.807) is 14.2 Å². The van der Waals surface area contributed by atoms with Crippen molar-refractivity contribution < 1.29 is 19.0 Å². The van der Waals surface area contributed by atoms with E-state index in [0.717, 1.165) is 5.75 Å². The summed E-state index contributed by atoms with van der Waals surface area (Å²) in [5.74, 6) is 2.73. The van der Waals surface area contributed by atoms with Crippen molar-refractivity contribution in [3.05, 3.63) is 41.1 Å². The summed E-state index contributed by atoms with van der Waals surface area (Å²) >= 11 is 0. The predicted octanol–water partition coefficient (Wildman–Crippen LogP) is 3.44. The molecule has 2 aromatic rings. The molecule has 4 atom stereocenters. The quantitative estimate of drug-likeness (QED) is 0.732. The molecule has 0 unspecified atom stereocenters. The molecular weight excluding hydrogens is 394 g/mol. The summed E-state index contributed by atoms with van der Waals surface area (Å²) in [6.45, 7) is 1.84. The average Bonchev–Trinajstić information content (AvgIpc) is 2.79.